The molecular weight excluding hydrogens is 320 g/mol. The zero-order chi connectivity index (χ0) is 18.0. The lowest BCUT2D eigenvalue weighted by molar-refractivity contribution is -0.148. The molecule has 0 aliphatic carbocycles. The van der Waals surface area contributed by atoms with Crippen LogP contribution in [0.2, 0.25) is 0 Å². The highest BCUT2D eigenvalue weighted by Gasteiger charge is 2.42. The van der Waals surface area contributed by atoms with Gasteiger partial charge in [-0.15, -0.1) is 0 Å². The summed E-state index contributed by atoms with van der Waals surface area (Å²) in [5.74, 6) is -1.37. The van der Waals surface area contributed by atoms with Gasteiger partial charge in [-0.05, 0) is 32.0 Å². The van der Waals surface area contributed by atoms with Crippen LogP contribution in [0.1, 0.15) is 34.6 Å². The largest absolute Gasteiger partial charge is 0.480 e. The molecule has 1 saturated heterocycles. The van der Waals surface area contributed by atoms with Crippen molar-refractivity contribution in [3.05, 3.63) is 53.3 Å². The Balaban J connectivity index is 1.92. The third-order valence-corrected chi connectivity index (χ3v) is 4.80. The van der Waals surface area contributed by atoms with Crippen LogP contribution in [-0.2, 0) is 9.53 Å². The van der Waals surface area contributed by atoms with Crippen molar-refractivity contribution in [1.29, 1.82) is 0 Å². The number of benzene rings is 1. The number of amides is 1. The number of nitrogens with one attached hydrogen (secondary N) is 1. The van der Waals surface area contributed by atoms with Crippen LogP contribution in [0.5, 0.6) is 0 Å². The number of rotatable bonds is 4. The first-order chi connectivity index (χ1) is 11.9. The standard InChI is InChI=1S/C19H22N2O4/c1-13-12-16(14(2)21(13)15-6-4-3-5-7-15)17(22)20-19(18(23)24)8-10-25-11-9-19/h3-7,12H,8-11H2,1-2H3,(H,20,22)(H,23,24). The van der Waals surface area contributed by atoms with E-state index in [1.54, 1.807) is 6.07 Å². The summed E-state index contributed by atoms with van der Waals surface area (Å²) >= 11 is 0. The van der Waals surface area contributed by atoms with E-state index in [0.717, 1.165) is 17.1 Å². The van der Waals surface area contributed by atoms with E-state index in [4.69, 9.17) is 4.74 Å². The average molecular weight is 342 g/mol. The third kappa shape index (κ3) is 3.17. The van der Waals surface area contributed by atoms with E-state index in [9.17, 15) is 14.7 Å². The second-order valence-electron chi connectivity index (χ2n) is 6.41. The van der Waals surface area contributed by atoms with Gasteiger partial charge in [-0.2, -0.15) is 0 Å². The molecule has 1 fully saturated rings. The van der Waals surface area contributed by atoms with Gasteiger partial charge in [-0.1, -0.05) is 18.2 Å². The minimum absolute atomic E-state index is 0.269. The lowest BCUT2D eigenvalue weighted by Crippen LogP contribution is -2.57. The molecule has 1 aromatic carbocycles. The number of nitrogens with zero attached hydrogens (tertiary/aromatic N) is 1. The fourth-order valence-electron chi connectivity index (χ4n) is 3.36. The minimum atomic E-state index is -1.26. The van der Waals surface area contributed by atoms with Crippen LogP contribution in [0.4, 0.5) is 0 Å². The Bertz CT molecular complexity index is 789. The number of para-hydroxylation sites is 1. The molecule has 0 unspecified atom stereocenters. The van der Waals surface area contributed by atoms with Gasteiger partial charge in [0, 0.05) is 43.1 Å². The summed E-state index contributed by atoms with van der Waals surface area (Å²) in [5.41, 5.74) is 1.91. The molecule has 0 atom stereocenters. The van der Waals surface area contributed by atoms with Gasteiger partial charge in [-0.3, -0.25) is 4.79 Å². The molecule has 1 aliphatic heterocycles. The van der Waals surface area contributed by atoms with Gasteiger partial charge in [0.05, 0.1) is 5.56 Å². The highest BCUT2D eigenvalue weighted by molar-refractivity contribution is 5.99. The lowest BCUT2D eigenvalue weighted by Gasteiger charge is -2.33. The molecule has 2 heterocycles. The number of carboxylic acid groups (broad SMARTS) is 1. The molecule has 132 valence electrons. The molecule has 0 saturated carbocycles. The lowest BCUT2D eigenvalue weighted by atomic mass is 9.89. The fourth-order valence-corrected chi connectivity index (χ4v) is 3.36. The van der Waals surface area contributed by atoms with Crippen LogP contribution < -0.4 is 5.32 Å². The van der Waals surface area contributed by atoms with Crippen molar-refractivity contribution in [2.24, 2.45) is 0 Å². The van der Waals surface area contributed by atoms with Gasteiger partial charge < -0.3 is 19.7 Å². The predicted octanol–water partition coefficient (Wildman–Crippen LogP) is 2.46. The van der Waals surface area contributed by atoms with Crippen LogP contribution in [0.3, 0.4) is 0 Å². The zero-order valence-electron chi connectivity index (χ0n) is 14.4. The highest BCUT2D eigenvalue weighted by atomic mass is 16.5. The number of carbonyl (C=O) groups excluding carboxylic acids is 1. The van der Waals surface area contributed by atoms with Crippen molar-refractivity contribution >= 4 is 11.9 Å². The number of hydrogen-bond donors (Lipinski definition) is 2. The number of hydrogen-bond acceptors (Lipinski definition) is 3. The van der Waals surface area contributed by atoms with Gasteiger partial charge >= 0.3 is 5.97 Å². The van der Waals surface area contributed by atoms with Gasteiger partial charge in [-0.25, -0.2) is 4.79 Å². The van der Waals surface area contributed by atoms with Crippen LogP contribution in [0, 0.1) is 13.8 Å². The Kier molecular flexibility index (Phi) is 4.63. The SMILES string of the molecule is Cc1cc(C(=O)NC2(C(=O)O)CCOCC2)c(C)n1-c1ccccc1. The van der Waals surface area contributed by atoms with E-state index in [1.807, 2.05) is 48.7 Å². The van der Waals surface area contributed by atoms with E-state index in [1.165, 1.54) is 0 Å². The molecule has 1 aliphatic rings. The van der Waals surface area contributed by atoms with E-state index < -0.39 is 11.5 Å². The molecule has 6 heteroatoms. The number of aromatic nitrogens is 1. The molecule has 25 heavy (non-hydrogen) atoms. The van der Waals surface area contributed by atoms with Crippen LogP contribution >= 0.6 is 0 Å². The Labute approximate surface area is 146 Å². The second kappa shape index (κ2) is 6.72. The van der Waals surface area contributed by atoms with E-state index in [2.05, 4.69) is 5.32 Å². The summed E-state index contributed by atoms with van der Waals surface area (Å²) in [7, 11) is 0. The number of ether oxygens (including phenoxy) is 1. The maximum Gasteiger partial charge on any atom is 0.329 e. The first kappa shape index (κ1) is 17.2. The van der Waals surface area contributed by atoms with E-state index >= 15 is 0 Å². The summed E-state index contributed by atoms with van der Waals surface area (Å²) in [6, 6.07) is 11.6. The summed E-state index contributed by atoms with van der Waals surface area (Å²) in [4.78, 5) is 24.6. The molecule has 1 aromatic heterocycles. The smallest absolute Gasteiger partial charge is 0.329 e. The summed E-state index contributed by atoms with van der Waals surface area (Å²) in [6.45, 7) is 4.45. The second-order valence-corrected chi connectivity index (χ2v) is 6.41. The molecule has 2 N–H and O–H groups in total. The molecular formula is C19H22N2O4. The third-order valence-electron chi connectivity index (χ3n) is 4.80. The molecule has 1 amide bonds. The Morgan fingerprint density at radius 2 is 1.80 bits per heavy atom. The monoisotopic (exact) mass is 342 g/mol. The Hall–Kier alpha value is -2.60. The van der Waals surface area contributed by atoms with Crippen molar-refractivity contribution in [3.63, 3.8) is 0 Å². The fraction of sp³-hybridized carbons (Fsp3) is 0.368. The van der Waals surface area contributed by atoms with Gasteiger partial charge in [0.1, 0.15) is 5.54 Å². The van der Waals surface area contributed by atoms with Crippen LogP contribution in [-0.4, -0.2) is 40.3 Å². The van der Waals surface area contributed by atoms with Gasteiger partial charge in [0.25, 0.3) is 5.91 Å². The molecule has 0 spiro atoms. The van der Waals surface area contributed by atoms with Gasteiger partial charge in [0.15, 0.2) is 0 Å². The molecule has 0 bridgehead atoms. The summed E-state index contributed by atoms with van der Waals surface area (Å²) in [6.07, 6.45) is 0.539. The number of carboxylic acids is 1. The van der Waals surface area contributed by atoms with Gasteiger partial charge in [0.2, 0.25) is 0 Å². The predicted molar refractivity (Wildman–Crippen MR) is 93.1 cm³/mol. The first-order valence-electron chi connectivity index (χ1n) is 8.33. The molecule has 3 rings (SSSR count). The van der Waals surface area contributed by atoms with Crippen LogP contribution in [0.25, 0.3) is 5.69 Å². The molecule has 0 radical (unpaired) electrons. The van der Waals surface area contributed by atoms with E-state index in [-0.39, 0.29) is 18.7 Å². The first-order valence-corrected chi connectivity index (χ1v) is 8.33. The van der Waals surface area contributed by atoms with Crippen molar-refractivity contribution < 1.29 is 19.4 Å². The van der Waals surface area contributed by atoms with Crippen molar-refractivity contribution in [3.8, 4) is 5.69 Å². The minimum Gasteiger partial charge on any atom is -0.480 e. The van der Waals surface area contributed by atoms with Crippen LogP contribution in [0.15, 0.2) is 36.4 Å². The summed E-state index contributed by atoms with van der Waals surface area (Å²) < 4.78 is 7.24. The van der Waals surface area contributed by atoms with Crippen molar-refractivity contribution in [2.75, 3.05) is 13.2 Å². The van der Waals surface area contributed by atoms with Crippen molar-refractivity contribution in [2.45, 2.75) is 32.2 Å². The zero-order valence-corrected chi connectivity index (χ0v) is 14.4. The normalized spacial score (nSPS) is 16.4. The maximum atomic E-state index is 12.8. The molecule has 2 aromatic rings. The quantitative estimate of drug-likeness (QED) is 0.894. The Morgan fingerprint density at radius 1 is 1.16 bits per heavy atom. The highest BCUT2D eigenvalue weighted by Crippen LogP contribution is 2.24. The number of aryl methyl sites for hydroxylation is 1. The maximum absolute atomic E-state index is 12.8. The summed E-state index contributed by atoms with van der Waals surface area (Å²) in [5, 5.41) is 12.4. The Morgan fingerprint density at radius 3 is 2.40 bits per heavy atom. The average Bonchev–Trinajstić information content (AvgIpc) is 2.91. The topological polar surface area (TPSA) is 80.6 Å². The number of aliphatic carboxylic acids is 1. The number of carbonyl (C=O) groups is 2. The van der Waals surface area contributed by atoms with E-state index in [0.29, 0.717) is 18.8 Å². The van der Waals surface area contributed by atoms with Crippen molar-refractivity contribution in [1.82, 2.24) is 9.88 Å². The molecule has 6 nitrogen and oxygen atoms in total.